The zero-order valence-corrected chi connectivity index (χ0v) is 24.2. The number of rotatable bonds is 3. The molecule has 7 aromatic carbocycles. The number of anilines is 1. The molecule has 1 aliphatic rings. The van der Waals surface area contributed by atoms with Gasteiger partial charge in [0.2, 0.25) is 0 Å². The van der Waals surface area contributed by atoms with Crippen LogP contribution in [0.1, 0.15) is 11.8 Å². The van der Waals surface area contributed by atoms with Crippen molar-refractivity contribution in [2.45, 2.75) is 6.23 Å². The smallest absolute Gasteiger partial charge is 0.196 e. The second-order valence-electron chi connectivity index (χ2n) is 11.7. The van der Waals surface area contributed by atoms with Gasteiger partial charge in [-0.15, -0.1) is 0 Å². The number of para-hydroxylation sites is 2. The van der Waals surface area contributed by atoms with Gasteiger partial charge in [0.05, 0.1) is 22.1 Å². The maximum atomic E-state index is 6.71. The second-order valence-corrected chi connectivity index (χ2v) is 11.7. The fourth-order valence-corrected chi connectivity index (χ4v) is 7.17. The maximum absolute atomic E-state index is 6.71. The highest BCUT2D eigenvalue weighted by atomic mass is 16.5. The Morgan fingerprint density at radius 3 is 2.20 bits per heavy atom. The van der Waals surface area contributed by atoms with Crippen LogP contribution < -0.4 is 10.1 Å². The highest BCUT2D eigenvalue weighted by Crippen LogP contribution is 2.50. The third-order valence-corrected chi connectivity index (χ3v) is 9.22. The van der Waals surface area contributed by atoms with E-state index in [0.29, 0.717) is 0 Å². The summed E-state index contributed by atoms with van der Waals surface area (Å²) >= 11 is 0. The van der Waals surface area contributed by atoms with E-state index in [1.807, 2.05) is 18.2 Å². The molecule has 9 aromatic rings. The summed E-state index contributed by atoms with van der Waals surface area (Å²) < 4.78 is 15.6. The van der Waals surface area contributed by atoms with Gasteiger partial charge in [-0.2, -0.15) is 0 Å². The van der Waals surface area contributed by atoms with Crippen LogP contribution in [-0.4, -0.2) is 4.57 Å². The Morgan fingerprint density at radius 2 is 1.33 bits per heavy atom. The van der Waals surface area contributed by atoms with Gasteiger partial charge >= 0.3 is 0 Å². The van der Waals surface area contributed by atoms with E-state index in [2.05, 4.69) is 137 Å². The van der Waals surface area contributed by atoms with E-state index >= 15 is 0 Å². The van der Waals surface area contributed by atoms with E-state index in [1.165, 1.54) is 32.6 Å². The monoisotopic (exact) mass is 578 g/mol. The van der Waals surface area contributed by atoms with Gasteiger partial charge in [-0.25, -0.2) is 0 Å². The van der Waals surface area contributed by atoms with Gasteiger partial charge in [-0.1, -0.05) is 115 Å². The molecule has 1 unspecified atom stereocenters. The average Bonchev–Trinajstić information content (AvgIpc) is 3.80. The van der Waals surface area contributed by atoms with Gasteiger partial charge in [0.25, 0.3) is 0 Å². The van der Waals surface area contributed by atoms with Crippen molar-refractivity contribution in [2.24, 2.45) is 0 Å². The highest BCUT2D eigenvalue weighted by molar-refractivity contribution is 6.19. The van der Waals surface area contributed by atoms with Gasteiger partial charge in [-0.3, -0.25) is 0 Å². The third-order valence-electron chi connectivity index (χ3n) is 9.22. The zero-order valence-electron chi connectivity index (χ0n) is 24.2. The molecule has 1 N–H and O–H groups in total. The third kappa shape index (κ3) is 3.54. The minimum absolute atomic E-state index is 0.323. The standard InChI is InChI=1S/C41H26N2O2/c1-2-10-25(11-3-1)33-24-34-40(37-32-15-7-9-17-36(32)44-39(33)37)45-41(42-34)27-18-21-28(22-19-27)43-35-16-8-6-14-30(35)31-23-20-26-12-4-5-13-29(26)38(31)43/h1-24,41-42H. The molecule has 0 aliphatic carbocycles. The fraction of sp³-hybridized carbons (Fsp3) is 0.0244. The molecule has 4 nitrogen and oxygen atoms in total. The molecular formula is C41H26N2O2. The molecule has 0 amide bonds. The Kier molecular flexibility index (Phi) is 5.02. The molecule has 1 atom stereocenters. The number of furan rings is 1. The molecule has 0 spiro atoms. The summed E-state index contributed by atoms with van der Waals surface area (Å²) in [5.74, 6) is 0.831. The minimum atomic E-state index is -0.323. The Hall–Kier alpha value is -6.00. The van der Waals surface area contributed by atoms with Crippen LogP contribution in [0.4, 0.5) is 5.69 Å². The minimum Gasteiger partial charge on any atom is -0.464 e. The van der Waals surface area contributed by atoms with E-state index < -0.39 is 0 Å². The summed E-state index contributed by atoms with van der Waals surface area (Å²) in [5, 5.41) is 10.7. The summed E-state index contributed by atoms with van der Waals surface area (Å²) in [7, 11) is 0. The van der Waals surface area contributed by atoms with Crippen molar-refractivity contribution in [3.05, 3.63) is 151 Å². The Balaban J connectivity index is 1.10. The number of hydrogen-bond donors (Lipinski definition) is 1. The van der Waals surface area contributed by atoms with Gasteiger partial charge in [0.15, 0.2) is 12.0 Å². The Labute approximate surface area is 258 Å². The quantitative estimate of drug-likeness (QED) is 0.227. The van der Waals surface area contributed by atoms with Crippen molar-refractivity contribution in [3.8, 4) is 22.6 Å². The summed E-state index contributed by atoms with van der Waals surface area (Å²) in [6, 6.07) is 51.3. The normalized spacial score (nSPS) is 14.4. The summed E-state index contributed by atoms with van der Waals surface area (Å²) in [5.41, 5.74) is 9.42. The molecule has 0 fully saturated rings. The molecule has 4 heteroatoms. The number of aromatic nitrogens is 1. The van der Waals surface area contributed by atoms with Gasteiger partial charge in [0.1, 0.15) is 11.2 Å². The van der Waals surface area contributed by atoms with Crippen LogP contribution >= 0.6 is 0 Å². The van der Waals surface area contributed by atoms with E-state index in [0.717, 1.165) is 55.8 Å². The predicted octanol–water partition coefficient (Wildman–Crippen LogP) is 11.0. The van der Waals surface area contributed by atoms with Gasteiger partial charge in [-0.05, 0) is 41.3 Å². The Bertz CT molecular complexity index is 2590. The first kappa shape index (κ1) is 24.4. The molecule has 45 heavy (non-hydrogen) atoms. The summed E-state index contributed by atoms with van der Waals surface area (Å²) in [6.07, 6.45) is -0.323. The fourth-order valence-electron chi connectivity index (χ4n) is 7.17. The van der Waals surface area contributed by atoms with Gasteiger partial charge < -0.3 is 19.0 Å². The summed E-state index contributed by atoms with van der Waals surface area (Å²) in [4.78, 5) is 0. The van der Waals surface area contributed by atoms with Crippen molar-refractivity contribution in [2.75, 3.05) is 5.32 Å². The molecular weight excluding hydrogens is 552 g/mol. The van der Waals surface area contributed by atoms with Crippen LogP contribution in [0.5, 0.6) is 5.75 Å². The van der Waals surface area contributed by atoms with Crippen LogP contribution in [0, 0.1) is 0 Å². The maximum Gasteiger partial charge on any atom is 0.196 e. The first-order valence-electron chi connectivity index (χ1n) is 15.3. The molecule has 0 bridgehead atoms. The van der Waals surface area contributed by atoms with Crippen LogP contribution in [0.2, 0.25) is 0 Å². The van der Waals surface area contributed by atoms with E-state index in [4.69, 9.17) is 9.15 Å². The largest absolute Gasteiger partial charge is 0.464 e. The van der Waals surface area contributed by atoms with Crippen molar-refractivity contribution >= 4 is 60.2 Å². The van der Waals surface area contributed by atoms with Crippen molar-refractivity contribution in [1.29, 1.82) is 0 Å². The first-order chi connectivity index (χ1) is 22.3. The zero-order chi connectivity index (χ0) is 29.5. The molecule has 1 aliphatic heterocycles. The molecule has 0 radical (unpaired) electrons. The lowest BCUT2D eigenvalue weighted by atomic mass is 10.0. The molecule has 3 heterocycles. The lowest BCUT2D eigenvalue weighted by Gasteiger charge is -2.14. The lowest BCUT2D eigenvalue weighted by Crippen LogP contribution is -2.10. The van der Waals surface area contributed by atoms with Crippen molar-refractivity contribution in [3.63, 3.8) is 0 Å². The molecule has 10 rings (SSSR count). The van der Waals surface area contributed by atoms with Crippen molar-refractivity contribution < 1.29 is 9.15 Å². The van der Waals surface area contributed by atoms with Crippen LogP contribution in [0.15, 0.2) is 150 Å². The average molecular weight is 579 g/mol. The number of ether oxygens (including phenoxy) is 1. The molecule has 2 aromatic heterocycles. The number of hydrogen-bond acceptors (Lipinski definition) is 3. The SMILES string of the molecule is c1ccc(-c2cc3c(c4c2oc2ccccc24)OC(c2ccc(-n4c5ccccc5c5ccc6ccccc6c54)cc2)N3)cc1. The molecule has 0 saturated heterocycles. The first-order valence-corrected chi connectivity index (χ1v) is 15.3. The molecule has 212 valence electrons. The summed E-state index contributed by atoms with van der Waals surface area (Å²) in [6.45, 7) is 0. The number of nitrogens with zero attached hydrogens (tertiary/aromatic N) is 1. The van der Waals surface area contributed by atoms with Crippen LogP contribution in [-0.2, 0) is 0 Å². The Morgan fingerprint density at radius 1 is 0.600 bits per heavy atom. The lowest BCUT2D eigenvalue weighted by molar-refractivity contribution is 0.263. The predicted molar refractivity (Wildman–Crippen MR) is 184 cm³/mol. The number of benzene rings is 7. The van der Waals surface area contributed by atoms with Crippen LogP contribution in [0.3, 0.4) is 0 Å². The second kappa shape index (κ2) is 9.25. The number of fused-ring (bicyclic) bond motifs is 10. The molecule has 0 saturated carbocycles. The van der Waals surface area contributed by atoms with Crippen molar-refractivity contribution in [1.82, 2.24) is 4.57 Å². The van der Waals surface area contributed by atoms with E-state index in [1.54, 1.807) is 0 Å². The van der Waals surface area contributed by atoms with Gasteiger partial charge in [0, 0.05) is 38.4 Å². The number of nitrogens with one attached hydrogen (secondary N) is 1. The topological polar surface area (TPSA) is 39.3 Å². The van der Waals surface area contributed by atoms with E-state index in [9.17, 15) is 0 Å². The highest BCUT2D eigenvalue weighted by Gasteiger charge is 2.30. The van der Waals surface area contributed by atoms with Crippen LogP contribution in [0.25, 0.3) is 71.3 Å². The van der Waals surface area contributed by atoms with E-state index in [-0.39, 0.29) is 6.23 Å².